The van der Waals surface area contributed by atoms with E-state index in [4.69, 9.17) is 23.4 Å². The van der Waals surface area contributed by atoms with Crippen molar-refractivity contribution in [3.63, 3.8) is 0 Å². The van der Waals surface area contributed by atoms with Crippen molar-refractivity contribution in [2.75, 3.05) is 34.0 Å². The number of fused-ring (bicyclic) bond motifs is 2. The van der Waals surface area contributed by atoms with Gasteiger partial charge in [0.05, 0.1) is 32.9 Å². The highest BCUT2D eigenvalue weighted by Gasteiger charge is 2.17. The number of rotatable bonds is 10. The van der Waals surface area contributed by atoms with Crippen molar-refractivity contribution in [1.82, 2.24) is 25.1 Å². The van der Waals surface area contributed by atoms with Gasteiger partial charge in [0.15, 0.2) is 22.8 Å². The SMILES string of the molecule is CCOc1cccc2cc(C(=O)NCCOc3ccc4nnc(-c5cc(OC)ccc5OC)n4n3)c(=O)oc12. The molecule has 0 unspecified atom stereocenters. The molecule has 5 rings (SSSR count). The Morgan fingerprint density at radius 3 is 2.67 bits per heavy atom. The Morgan fingerprint density at radius 1 is 1.00 bits per heavy atom. The van der Waals surface area contributed by atoms with Gasteiger partial charge in [0.25, 0.3) is 5.91 Å². The van der Waals surface area contributed by atoms with E-state index >= 15 is 0 Å². The molecule has 0 radical (unpaired) electrons. The lowest BCUT2D eigenvalue weighted by Gasteiger charge is -2.10. The van der Waals surface area contributed by atoms with Crippen LogP contribution in [0.4, 0.5) is 0 Å². The Labute approximate surface area is 222 Å². The van der Waals surface area contributed by atoms with E-state index < -0.39 is 11.5 Å². The smallest absolute Gasteiger partial charge is 0.349 e. The molecule has 5 aromatic rings. The van der Waals surface area contributed by atoms with Crippen LogP contribution in [0.25, 0.3) is 28.0 Å². The van der Waals surface area contributed by atoms with Crippen molar-refractivity contribution < 1.29 is 28.2 Å². The van der Waals surface area contributed by atoms with Gasteiger partial charge in [0.1, 0.15) is 23.7 Å². The molecule has 2 aromatic carbocycles. The second kappa shape index (κ2) is 11.1. The molecule has 0 saturated heterocycles. The topological polar surface area (TPSA) is 139 Å². The number of carbonyl (C=O) groups excluding carboxylic acids is 1. The van der Waals surface area contributed by atoms with Gasteiger partial charge in [-0.2, -0.15) is 4.52 Å². The second-order valence-corrected chi connectivity index (χ2v) is 8.19. The first-order chi connectivity index (χ1) is 19.0. The van der Waals surface area contributed by atoms with Crippen LogP contribution in [0.2, 0.25) is 0 Å². The highest BCUT2D eigenvalue weighted by atomic mass is 16.5. The summed E-state index contributed by atoms with van der Waals surface area (Å²) in [6.45, 7) is 2.46. The molecule has 0 spiro atoms. The fourth-order valence-corrected chi connectivity index (χ4v) is 3.97. The fourth-order valence-electron chi connectivity index (χ4n) is 3.97. The minimum absolute atomic E-state index is 0.0948. The Kier molecular flexibility index (Phi) is 7.26. The zero-order valence-corrected chi connectivity index (χ0v) is 21.5. The molecule has 1 N–H and O–H groups in total. The Hall–Kier alpha value is -5.13. The van der Waals surface area contributed by atoms with Crippen LogP contribution in [0.15, 0.2) is 63.8 Å². The first-order valence-corrected chi connectivity index (χ1v) is 12.1. The molecule has 39 heavy (non-hydrogen) atoms. The number of nitrogens with one attached hydrogen (secondary N) is 1. The highest BCUT2D eigenvalue weighted by molar-refractivity contribution is 5.97. The minimum atomic E-state index is -0.756. The maximum absolute atomic E-state index is 12.7. The largest absolute Gasteiger partial charge is 0.497 e. The second-order valence-electron chi connectivity index (χ2n) is 8.19. The van der Waals surface area contributed by atoms with Gasteiger partial charge in [-0.25, -0.2) is 4.79 Å². The Balaban J connectivity index is 1.27. The van der Waals surface area contributed by atoms with Crippen LogP contribution in [0, 0.1) is 0 Å². The summed E-state index contributed by atoms with van der Waals surface area (Å²) in [5.74, 6) is 1.79. The molecule has 0 aliphatic carbocycles. The summed E-state index contributed by atoms with van der Waals surface area (Å²) in [5.41, 5.74) is 0.575. The van der Waals surface area contributed by atoms with E-state index in [1.165, 1.54) is 10.6 Å². The molecule has 1 amide bonds. The van der Waals surface area contributed by atoms with Crippen LogP contribution in [-0.4, -0.2) is 59.7 Å². The van der Waals surface area contributed by atoms with Crippen LogP contribution >= 0.6 is 0 Å². The third kappa shape index (κ3) is 5.17. The van der Waals surface area contributed by atoms with Gasteiger partial charge in [0, 0.05) is 11.5 Å². The first-order valence-electron chi connectivity index (χ1n) is 12.1. The van der Waals surface area contributed by atoms with Gasteiger partial charge >= 0.3 is 5.63 Å². The van der Waals surface area contributed by atoms with E-state index in [2.05, 4.69) is 20.6 Å². The predicted molar refractivity (Wildman–Crippen MR) is 141 cm³/mol. The van der Waals surface area contributed by atoms with Crippen molar-refractivity contribution in [2.24, 2.45) is 0 Å². The number of nitrogens with zero attached hydrogens (tertiary/aromatic N) is 4. The van der Waals surface area contributed by atoms with Gasteiger partial charge < -0.3 is 28.7 Å². The molecule has 12 heteroatoms. The maximum atomic E-state index is 12.7. The standard InChI is InChI=1S/C27H25N5O7/c1-4-37-21-7-5-6-16-14-19(27(34)39-24(16)21)26(33)28-12-13-38-23-11-10-22-29-30-25(32(22)31-23)18-15-17(35-2)8-9-20(18)36-3/h5-11,14-15H,4,12-13H2,1-3H3,(H,28,33). The third-order valence-electron chi connectivity index (χ3n) is 5.79. The highest BCUT2D eigenvalue weighted by Crippen LogP contribution is 2.32. The summed E-state index contributed by atoms with van der Waals surface area (Å²) < 4.78 is 28.9. The van der Waals surface area contributed by atoms with E-state index in [1.54, 1.807) is 62.8 Å². The summed E-state index contributed by atoms with van der Waals surface area (Å²) >= 11 is 0. The molecule has 0 fully saturated rings. The van der Waals surface area contributed by atoms with Crippen LogP contribution in [0.5, 0.6) is 23.1 Å². The van der Waals surface area contributed by atoms with Crippen LogP contribution in [-0.2, 0) is 0 Å². The molecule has 3 heterocycles. The molecule has 0 saturated carbocycles. The first kappa shape index (κ1) is 25.5. The zero-order chi connectivity index (χ0) is 27.4. The maximum Gasteiger partial charge on any atom is 0.349 e. The lowest BCUT2D eigenvalue weighted by molar-refractivity contribution is 0.0943. The molecule has 200 valence electrons. The number of hydrogen-bond donors (Lipinski definition) is 1. The van der Waals surface area contributed by atoms with Gasteiger partial charge in [0.2, 0.25) is 5.88 Å². The number of methoxy groups -OCH3 is 2. The van der Waals surface area contributed by atoms with E-state index in [1.807, 2.05) is 6.92 Å². The van der Waals surface area contributed by atoms with Crippen molar-refractivity contribution >= 4 is 22.5 Å². The fraction of sp³-hybridized carbons (Fsp3) is 0.222. The Morgan fingerprint density at radius 2 is 1.87 bits per heavy atom. The van der Waals surface area contributed by atoms with Gasteiger partial charge in [-0.05, 0) is 43.3 Å². The molecule has 3 aromatic heterocycles. The molecule has 0 atom stereocenters. The summed E-state index contributed by atoms with van der Waals surface area (Å²) in [5, 5.41) is 16.1. The molecule has 12 nitrogen and oxygen atoms in total. The number of benzene rings is 2. The lowest BCUT2D eigenvalue weighted by atomic mass is 10.1. The molecular weight excluding hydrogens is 506 g/mol. The monoisotopic (exact) mass is 531 g/mol. The van der Waals surface area contributed by atoms with Crippen molar-refractivity contribution in [2.45, 2.75) is 6.92 Å². The van der Waals surface area contributed by atoms with Crippen molar-refractivity contribution in [3.05, 3.63) is 70.6 Å². The van der Waals surface area contributed by atoms with Crippen molar-refractivity contribution in [3.8, 4) is 34.5 Å². The average molecular weight is 532 g/mol. The van der Waals surface area contributed by atoms with E-state index in [9.17, 15) is 9.59 Å². The van der Waals surface area contributed by atoms with Gasteiger partial charge in [-0.3, -0.25) is 4.79 Å². The Bertz CT molecular complexity index is 1710. The summed E-state index contributed by atoms with van der Waals surface area (Å²) in [4.78, 5) is 25.1. The molecular formula is C27H25N5O7. The predicted octanol–water partition coefficient (Wildman–Crippen LogP) is 3.12. The minimum Gasteiger partial charge on any atom is -0.497 e. The number of hydrogen-bond acceptors (Lipinski definition) is 10. The average Bonchev–Trinajstić information content (AvgIpc) is 3.38. The molecule has 0 bridgehead atoms. The zero-order valence-electron chi connectivity index (χ0n) is 21.5. The number of aromatic nitrogens is 4. The van der Waals surface area contributed by atoms with Crippen molar-refractivity contribution in [1.29, 1.82) is 0 Å². The van der Waals surface area contributed by atoms with Crippen LogP contribution in [0.1, 0.15) is 17.3 Å². The van der Waals surface area contributed by atoms with Crippen LogP contribution in [0.3, 0.4) is 0 Å². The third-order valence-corrected chi connectivity index (χ3v) is 5.79. The normalized spacial score (nSPS) is 10.9. The van der Waals surface area contributed by atoms with Crippen LogP contribution < -0.4 is 29.9 Å². The number of ether oxygens (including phenoxy) is 4. The number of carbonyl (C=O) groups is 1. The number of para-hydroxylation sites is 1. The van der Waals surface area contributed by atoms with E-state index in [0.29, 0.717) is 51.9 Å². The van der Waals surface area contributed by atoms with Gasteiger partial charge in [-0.1, -0.05) is 12.1 Å². The van der Waals surface area contributed by atoms with Gasteiger partial charge in [-0.15, -0.1) is 15.3 Å². The molecule has 0 aliphatic rings. The number of amides is 1. The summed E-state index contributed by atoms with van der Waals surface area (Å²) in [6.07, 6.45) is 0. The quantitative estimate of drug-likeness (QED) is 0.211. The van der Waals surface area contributed by atoms with E-state index in [0.717, 1.165) is 0 Å². The van der Waals surface area contributed by atoms with E-state index in [-0.39, 0.29) is 24.6 Å². The summed E-state index contributed by atoms with van der Waals surface area (Å²) in [7, 11) is 3.13. The summed E-state index contributed by atoms with van der Waals surface area (Å²) in [6, 6.07) is 15.4. The molecule has 0 aliphatic heterocycles. The lowest BCUT2D eigenvalue weighted by Crippen LogP contribution is -2.31.